The molecule has 7 nitrogen and oxygen atoms in total. The van der Waals surface area contributed by atoms with Gasteiger partial charge in [0.15, 0.2) is 0 Å². The van der Waals surface area contributed by atoms with Crippen LogP contribution >= 0.6 is 0 Å². The van der Waals surface area contributed by atoms with Gasteiger partial charge in [0, 0.05) is 51.7 Å². The maximum absolute atomic E-state index is 12.8. The number of carbonyl (C=O) groups excluding carboxylic acids is 2. The van der Waals surface area contributed by atoms with E-state index in [4.69, 9.17) is 0 Å². The number of fused-ring (bicyclic) bond motifs is 1. The Kier molecular flexibility index (Phi) is 4.53. The van der Waals surface area contributed by atoms with Gasteiger partial charge in [-0.3, -0.25) is 4.79 Å². The lowest BCUT2D eigenvalue weighted by atomic mass is 10.1. The minimum Gasteiger partial charge on any atom is -0.334 e. The van der Waals surface area contributed by atoms with Crippen LogP contribution < -0.4 is 0 Å². The molecule has 2 fully saturated rings. The van der Waals surface area contributed by atoms with E-state index in [2.05, 4.69) is 4.98 Å². The number of nitrogens with zero attached hydrogens (tertiary/aromatic N) is 5. The molecule has 0 saturated carbocycles. The number of rotatable bonds is 1. The first kappa shape index (κ1) is 16.9. The minimum atomic E-state index is -0.0589. The predicted molar refractivity (Wildman–Crippen MR) is 98.2 cm³/mol. The van der Waals surface area contributed by atoms with Crippen LogP contribution in [0.1, 0.15) is 35.3 Å². The lowest BCUT2D eigenvalue weighted by molar-refractivity contribution is 0.0628. The summed E-state index contributed by atoms with van der Waals surface area (Å²) in [6.45, 7) is 6.03. The van der Waals surface area contributed by atoms with Crippen LogP contribution in [-0.2, 0) is 0 Å². The van der Waals surface area contributed by atoms with Crippen LogP contribution in [0.5, 0.6) is 0 Å². The Balaban J connectivity index is 1.38. The number of hydrogen-bond acceptors (Lipinski definition) is 3. The Morgan fingerprint density at radius 3 is 2.31 bits per heavy atom. The van der Waals surface area contributed by atoms with Gasteiger partial charge in [0.1, 0.15) is 11.3 Å². The molecule has 0 aromatic carbocycles. The van der Waals surface area contributed by atoms with Crippen LogP contribution in [0.15, 0.2) is 24.5 Å². The number of hydrogen-bond donors (Lipinski definition) is 0. The molecular weight excluding hydrogens is 330 g/mol. The van der Waals surface area contributed by atoms with Crippen molar-refractivity contribution in [2.24, 2.45) is 0 Å². The first-order valence-corrected chi connectivity index (χ1v) is 9.40. The standard InChI is InChI=1S/C19H25N5O2/c1-15-5-8-24-14-16(20-17(24)13-15)18(25)21-9-11-23(12-10-21)19(26)22-6-3-2-4-7-22/h5,8,13-14H,2-4,6-7,9-12H2,1H3. The lowest BCUT2D eigenvalue weighted by Gasteiger charge is -2.38. The maximum atomic E-state index is 12.8. The van der Waals surface area contributed by atoms with Crippen LogP contribution in [-0.4, -0.2) is 75.3 Å². The Morgan fingerprint density at radius 1 is 0.923 bits per heavy atom. The number of urea groups is 1. The van der Waals surface area contributed by atoms with Gasteiger partial charge in [0.05, 0.1) is 0 Å². The molecule has 0 radical (unpaired) electrons. The quantitative estimate of drug-likeness (QED) is 0.786. The molecule has 2 aliphatic heterocycles. The van der Waals surface area contributed by atoms with Gasteiger partial charge >= 0.3 is 6.03 Å². The minimum absolute atomic E-state index is 0.0589. The van der Waals surface area contributed by atoms with Gasteiger partial charge in [-0.2, -0.15) is 0 Å². The molecular formula is C19H25N5O2. The third-order valence-corrected chi connectivity index (χ3v) is 5.30. The summed E-state index contributed by atoms with van der Waals surface area (Å²) in [6, 6.07) is 4.08. The maximum Gasteiger partial charge on any atom is 0.320 e. The number of imidazole rings is 1. The highest BCUT2D eigenvalue weighted by atomic mass is 16.2. The van der Waals surface area contributed by atoms with E-state index in [9.17, 15) is 9.59 Å². The first-order chi connectivity index (χ1) is 12.6. The van der Waals surface area contributed by atoms with Gasteiger partial charge < -0.3 is 19.1 Å². The Morgan fingerprint density at radius 2 is 1.58 bits per heavy atom. The van der Waals surface area contributed by atoms with Crippen molar-refractivity contribution in [1.82, 2.24) is 24.1 Å². The van der Waals surface area contributed by atoms with E-state index >= 15 is 0 Å². The van der Waals surface area contributed by atoms with Crippen molar-refractivity contribution in [3.05, 3.63) is 35.8 Å². The number of likely N-dealkylation sites (tertiary alicyclic amines) is 1. The van der Waals surface area contributed by atoms with Crippen molar-refractivity contribution < 1.29 is 9.59 Å². The topological polar surface area (TPSA) is 61.2 Å². The fourth-order valence-electron chi connectivity index (χ4n) is 3.73. The number of aromatic nitrogens is 2. The van der Waals surface area contributed by atoms with Crippen molar-refractivity contribution >= 4 is 17.6 Å². The molecule has 3 amide bonds. The molecule has 0 N–H and O–H groups in total. The predicted octanol–water partition coefficient (Wildman–Crippen LogP) is 2.01. The van der Waals surface area contributed by atoms with Crippen molar-refractivity contribution in [2.75, 3.05) is 39.3 Å². The second-order valence-electron chi connectivity index (χ2n) is 7.21. The van der Waals surface area contributed by atoms with E-state index in [1.54, 1.807) is 11.1 Å². The summed E-state index contributed by atoms with van der Waals surface area (Å²) >= 11 is 0. The third-order valence-electron chi connectivity index (χ3n) is 5.30. The Labute approximate surface area is 153 Å². The van der Waals surface area contributed by atoms with Crippen LogP contribution in [0.2, 0.25) is 0 Å². The average molecular weight is 355 g/mol. The van der Waals surface area contributed by atoms with Crippen molar-refractivity contribution in [3.63, 3.8) is 0 Å². The molecule has 2 aromatic rings. The fourth-order valence-corrected chi connectivity index (χ4v) is 3.73. The molecule has 0 unspecified atom stereocenters. The number of pyridine rings is 1. The second-order valence-corrected chi connectivity index (χ2v) is 7.21. The monoisotopic (exact) mass is 355 g/mol. The van der Waals surface area contributed by atoms with Gasteiger partial charge in [-0.1, -0.05) is 0 Å². The number of piperazine rings is 1. The largest absolute Gasteiger partial charge is 0.334 e. The molecule has 138 valence electrons. The lowest BCUT2D eigenvalue weighted by Crippen LogP contribution is -2.54. The number of aryl methyl sites for hydroxylation is 1. The smallest absolute Gasteiger partial charge is 0.320 e. The van der Waals surface area contributed by atoms with Gasteiger partial charge in [0.2, 0.25) is 0 Å². The molecule has 2 aromatic heterocycles. The molecule has 7 heteroatoms. The zero-order valence-corrected chi connectivity index (χ0v) is 15.2. The van der Waals surface area contributed by atoms with E-state index in [0.29, 0.717) is 31.9 Å². The molecule has 0 aliphatic carbocycles. The summed E-state index contributed by atoms with van der Waals surface area (Å²) in [6.07, 6.45) is 7.10. The summed E-state index contributed by atoms with van der Waals surface area (Å²) < 4.78 is 1.87. The second kappa shape index (κ2) is 6.97. The van der Waals surface area contributed by atoms with Crippen molar-refractivity contribution in [2.45, 2.75) is 26.2 Å². The van der Waals surface area contributed by atoms with E-state index in [1.807, 2.05) is 39.5 Å². The van der Waals surface area contributed by atoms with Gasteiger partial charge in [-0.15, -0.1) is 0 Å². The highest BCUT2D eigenvalue weighted by Crippen LogP contribution is 2.15. The average Bonchev–Trinajstić information content (AvgIpc) is 3.11. The van der Waals surface area contributed by atoms with Crippen molar-refractivity contribution in [1.29, 1.82) is 0 Å². The van der Waals surface area contributed by atoms with Crippen LogP contribution in [0.25, 0.3) is 5.65 Å². The van der Waals surface area contributed by atoms with Crippen LogP contribution in [0, 0.1) is 6.92 Å². The SMILES string of the molecule is Cc1ccn2cc(C(=O)N3CCN(C(=O)N4CCCCC4)CC3)nc2c1. The summed E-state index contributed by atoms with van der Waals surface area (Å²) in [7, 11) is 0. The normalized spacial score (nSPS) is 18.4. The van der Waals surface area contributed by atoms with E-state index in [1.165, 1.54) is 6.42 Å². The zero-order chi connectivity index (χ0) is 18.1. The van der Waals surface area contributed by atoms with E-state index in [-0.39, 0.29) is 11.9 Å². The molecule has 0 bridgehead atoms. The van der Waals surface area contributed by atoms with Crippen molar-refractivity contribution in [3.8, 4) is 0 Å². The number of amides is 3. The first-order valence-electron chi connectivity index (χ1n) is 9.40. The molecule has 0 spiro atoms. The molecule has 0 atom stereocenters. The fraction of sp³-hybridized carbons (Fsp3) is 0.526. The highest BCUT2D eigenvalue weighted by molar-refractivity contribution is 5.93. The van der Waals surface area contributed by atoms with Crippen LogP contribution in [0.3, 0.4) is 0 Å². The third kappa shape index (κ3) is 3.25. The summed E-state index contributed by atoms with van der Waals surface area (Å²) in [5, 5.41) is 0. The Bertz CT molecular complexity index is 816. The van der Waals surface area contributed by atoms with E-state index in [0.717, 1.165) is 37.1 Å². The molecule has 2 saturated heterocycles. The van der Waals surface area contributed by atoms with Gasteiger partial charge in [-0.05, 0) is 43.9 Å². The Hall–Kier alpha value is -2.57. The summed E-state index contributed by atoms with van der Waals surface area (Å²) in [5.41, 5.74) is 2.37. The molecule has 4 rings (SSSR count). The molecule has 26 heavy (non-hydrogen) atoms. The van der Waals surface area contributed by atoms with E-state index < -0.39 is 0 Å². The number of piperidine rings is 1. The zero-order valence-electron chi connectivity index (χ0n) is 15.2. The number of carbonyl (C=O) groups is 2. The summed E-state index contributed by atoms with van der Waals surface area (Å²) in [4.78, 5) is 35.4. The summed E-state index contributed by atoms with van der Waals surface area (Å²) in [5.74, 6) is -0.0589. The van der Waals surface area contributed by atoms with Crippen LogP contribution in [0.4, 0.5) is 4.79 Å². The highest BCUT2D eigenvalue weighted by Gasteiger charge is 2.29. The van der Waals surface area contributed by atoms with Gasteiger partial charge in [-0.25, -0.2) is 9.78 Å². The van der Waals surface area contributed by atoms with Gasteiger partial charge in [0.25, 0.3) is 5.91 Å². The molecule has 4 heterocycles. The molecule has 2 aliphatic rings.